The molecule has 0 unspecified atom stereocenters. The Balaban J connectivity index is 1.27. The Labute approximate surface area is 228 Å². The molecule has 4 heteroatoms. The lowest BCUT2D eigenvalue weighted by Crippen LogP contribution is -2.11. The van der Waals surface area contributed by atoms with Crippen molar-refractivity contribution in [1.29, 1.82) is 0 Å². The molecule has 39 heavy (non-hydrogen) atoms. The SMILES string of the molecule is c1ccc(N(c2ccc3c(c2)Cc2cc(N(c4ccccc4)c4ccccn4)ccc2-3)c2ccccn2)cc1. The van der Waals surface area contributed by atoms with E-state index in [-0.39, 0.29) is 0 Å². The Morgan fingerprint density at radius 1 is 0.410 bits per heavy atom. The summed E-state index contributed by atoms with van der Waals surface area (Å²) in [5, 5.41) is 0. The van der Waals surface area contributed by atoms with Gasteiger partial charge in [0.1, 0.15) is 11.6 Å². The largest absolute Gasteiger partial charge is 0.295 e. The Morgan fingerprint density at radius 3 is 1.26 bits per heavy atom. The fraction of sp³-hybridized carbons (Fsp3) is 0.0286. The average Bonchev–Trinajstić information content (AvgIpc) is 3.37. The van der Waals surface area contributed by atoms with Gasteiger partial charge in [0.2, 0.25) is 0 Å². The summed E-state index contributed by atoms with van der Waals surface area (Å²) in [6.45, 7) is 0. The molecular formula is C35H26N4. The summed E-state index contributed by atoms with van der Waals surface area (Å²) >= 11 is 0. The normalized spacial score (nSPS) is 11.5. The molecule has 4 nitrogen and oxygen atoms in total. The van der Waals surface area contributed by atoms with E-state index in [1.54, 1.807) is 0 Å². The molecule has 1 aliphatic rings. The van der Waals surface area contributed by atoms with Crippen molar-refractivity contribution in [2.24, 2.45) is 0 Å². The Bertz CT molecular complexity index is 1510. The monoisotopic (exact) mass is 502 g/mol. The third-order valence-corrected chi connectivity index (χ3v) is 7.15. The van der Waals surface area contributed by atoms with Crippen molar-refractivity contribution in [3.8, 4) is 11.1 Å². The van der Waals surface area contributed by atoms with Crippen LogP contribution in [0.25, 0.3) is 11.1 Å². The van der Waals surface area contributed by atoms with Gasteiger partial charge in [0.15, 0.2) is 0 Å². The third kappa shape index (κ3) is 4.32. The minimum Gasteiger partial charge on any atom is -0.295 e. The molecule has 0 spiro atoms. The van der Waals surface area contributed by atoms with E-state index in [1.807, 2.05) is 48.8 Å². The van der Waals surface area contributed by atoms with Crippen LogP contribution in [0.4, 0.5) is 34.4 Å². The molecule has 0 saturated heterocycles. The molecule has 0 fully saturated rings. The first kappa shape index (κ1) is 22.9. The van der Waals surface area contributed by atoms with Crippen molar-refractivity contribution in [3.63, 3.8) is 0 Å². The lowest BCUT2D eigenvalue weighted by molar-refractivity contribution is 1.16. The number of benzene rings is 4. The van der Waals surface area contributed by atoms with Crippen molar-refractivity contribution >= 4 is 34.4 Å². The molecule has 0 N–H and O–H groups in total. The van der Waals surface area contributed by atoms with Gasteiger partial charge in [0, 0.05) is 35.1 Å². The van der Waals surface area contributed by atoms with Crippen molar-refractivity contribution in [1.82, 2.24) is 9.97 Å². The van der Waals surface area contributed by atoms with Crippen LogP contribution < -0.4 is 9.80 Å². The molecule has 2 heterocycles. The molecule has 0 saturated carbocycles. The second kappa shape index (κ2) is 9.92. The fourth-order valence-electron chi connectivity index (χ4n) is 5.42. The van der Waals surface area contributed by atoms with Crippen LogP contribution in [0.2, 0.25) is 0 Å². The van der Waals surface area contributed by atoms with Gasteiger partial charge in [0.25, 0.3) is 0 Å². The maximum absolute atomic E-state index is 4.67. The first-order chi connectivity index (χ1) is 19.3. The van der Waals surface area contributed by atoms with Gasteiger partial charge < -0.3 is 0 Å². The Hall–Kier alpha value is -5.22. The Morgan fingerprint density at radius 2 is 0.846 bits per heavy atom. The molecule has 1 aliphatic carbocycles. The van der Waals surface area contributed by atoms with Gasteiger partial charge >= 0.3 is 0 Å². The molecule has 2 aromatic heterocycles. The van der Waals surface area contributed by atoms with Gasteiger partial charge in [0.05, 0.1) is 0 Å². The summed E-state index contributed by atoms with van der Waals surface area (Å²) in [4.78, 5) is 13.8. The standard InChI is InChI=1S/C35H26N4/c1-3-11-28(12-4-1)38(34-15-7-9-21-36-34)30-17-19-32-26(24-30)23-27-25-31(18-20-33(27)32)39(29-13-5-2-6-14-29)35-16-8-10-22-37-35/h1-22,24-25H,23H2. The lowest BCUT2D eigenvalue weighted by atomic mass is 10.0. The molecule has 7 rings (SSSR count). The van der Waals surface area contributed by atoms with Crippen LogP contribution in [0.1, 0.15) is 11.1 Å². The number of hydrogen-bond acceptors (Lipinski definition) is 4. The topological polar surface area (TPSA) is 32.3 Å². The summed E-state index contributed by atoms with van der Waals surface area (Å²) < 4.78 is 0. The lowest BCUT2D eigenvalue weighted by Gasteiger charge is -2.25. The number of anilines is 6. The van der Waals surface area contributed by atoms with Gasteiger partial charge in [-0.25, -0.2) is 9.97 Å². The van der Waals surface area contributed by atoms with E-state index in [2.05, 4.69) is 117 Å². The smallest absolute Gasteiger partial charge is 0.137 e. The number of rotatable bonds is 6. The summed E-state index contributed by atoms with van der Waals surface area (Å²) in [6, 6.07) is 46.4. The highest BCUT2D eigenvalue weighted by Gasteiger charge is 2.23. The summed E-state index contributed by atoms with van der Waals surface area (Å²) in [5.74, 6) is 1.80. The van der Waals surface area contributed by atoms with E-state index in [0.29, 0.717) is 0 Å². The number of aromatic nitrogens is 2. The van der Waals surface area contributed by atoms with Crippen LogP contribution in [-0.2, 0) is 6.42 Å². The van der Waals surface area contributed by atoms with E-state index in [0.717, 1.165) is 40.8 Å². The van der Waals surface area contributed by atoms with E-state index in [9.17, 15) is 0 Å². The first-order valence-electron chi connectivity index (χ1n) is 13.1. The maximum atomic E-state index is 4.67. The van der Waals surface area contributed by atoms with Crippen LogP contribution in [0, 0.1) is 0 Å². The van der Waals surface area contributed by atoms with Crippen LogP contribution in [0.5, 0.6) is 0 Å². The van der Waals surface area contributed by atoms with Crippen molar-refractivity contribution in [2.45, 2.75) is 6.42 Å². The molecular weight excluding hydrogens is 476 g/mol. The second-order valence-electron chi connectivity index (χ2n) is 9.58. The quantitative estimate of drug-likeness (QED) is 0.227. The van der Waals surface area contributed by atoms with Gasteiger partial charge in [-0.05, 0) is 101 Å². The average molecular weight is 503 g/mol. The maximum Gasteiger partial charge on any atom is 0.137 e. The fourth-order valence-corrected chi connectivity index (χ4v) is 5.42. The van der Waals surface area contributed by atoms with Gasteiger partial charge in [-0.3, -0.25) is 9.80 Å². The third-order valence-electron chi connectivity index (χ3n) is 7.15. The van der Waals surface area contributed by atoms with Gasteiger partial charge in [-0.15, -0.1) is 0 Å². The number of hydrogen-bond donors (Lipinski definition) is 0. The predicted molar refractivity (Wildman–Crippen MR) is 160 cm³/mol. The van der Waals surface area contributed by atoms with Crippen molar-refractivity contribution < 1.29 is 0 Å². The molecule has 0 atom stereocenters. The molecule has 0 bridgehead atoms. The zero-order chi connectivity index (χ0) is 26.0. The highest BCUT2D eigenvalue weighted by molar-refractivity contribution is 5.85. The van der Waals surface area contributed by atoms with E-state index in [1.165, 1.54) is 22.3 Å². The van der Waals surface area contributed by atoms with Gasteiger partial charge in [-0.2, -0.15) is 0 Å². The van der Waals surface area contributed by atoms with Crippen LogP contribution in [0.15, 0.2) is 146 Å². The predicted octanol–water partition coefficient (Wildman–Crippen LogP) is 8.99. The molecule has 186 valence electrons. The zero-order valence-electron chi connectivity index (χ0n) is 21.4. The minimum absolute atomic E-state index is 0.877. The number of para-hydroxylation sites is 2. The number of nitrogens with zero attached hydrogens (tertiary/aromatic N) is 4. The summed E-state index contributed by atoms with van der Waals surface area (Å²) in [6.07, 6.45) is 4.56. The highest BCUT2D eigenvalue weighted by Crippen LogP contribution is 2.44. The minimum atomic E-state index is 0.877. The molecule has 0 aliphatic heterocycles. The molecule has 4 aromatic carbocycles. The van der Waals surface area contributed by atoms with Crippen molar-refractivity contribution in [2.75, 3.05) is 9.80 Å². The first-order valence-corrected chi connectivity index (χ1v) is 13.1. The van der Waals surface area contributed by atoms with E-state index >= 15 is 0 Å². The number of fused-ring (bicyclic) bond motifs is 3. The van der Waals surface area contributed by atoms with Crippen molar-refractivity contribution in [3.05, 3.63) is 157 Å². The van der Waals surface area contributed by atoms with E-state index < -0.39 is 0 Å². The summed E-state index contributed by atoms with van der Waals surface area (Å²) in [5.41, 5.74) is 9.60. The van der Waals surface area contributed by atoms with Crippen LogP contribution >= 0.6 is 0 Å². The molecule has 0 radical (unpaired) electrons. The second-order valence-corrected chi connectivity index (χ2v) is 9.58. The molecule has 6 aromatic rings. The number of pyridine rings is 2. The molecule has 0 amide bonds. The van der Waals surface area contributed by atoms with Gasteiger partial charge in [-0.1, -0.05) is 60.7 Å². The van der Waals surface area contributed by atoms with Crippen LogP contribution in [-0.4, -0.2) is 9.97 Å². The van der Waals surface area contributed by atoms with E-state index in [4.69, 9.17) is 0 Å². The van der Waals surface area contributed by atoms with Crippen LogP contribution in [0.3, 0.4) is 0 Å². The summed E-state index contributed by atoms with van der Waals surface area (Å²) in [7, 11) is 0. The highest BCUT2D eigenvalue weighted by atomic mass is 15.2. The zero-order valence-corrected chi connectivity index (χ0v) is 21.4. The Kier molecular flexibility index (Phi) is 5.83.